The summed E-state index contributed by atoms with van der Waals surface area (Å²) in [5.74, 6) is 0.414. The van der Waals surface area contributed by atoms with E-state index in [1.807, 2.05) is 23.0 Å². The topological polar surface area (TPSA) is 87.6 Å². The van der Waals surface area contributed by atoms with E-state index in [1.54, 1.807) is 12.4 Å². The predicted molar refractivity (Wildman–Crippen MR) is 114 cm³/mol. The Labute approximate surface area is 170 Å². The molecule has 0 bridgehead atoms. The first kappa shape index (κ1) is 19.4. The Morgan fingerprint density at radius 1 is 1.28 bits per heavy atom. The first-order valence-electron chi connectivity index (χ1n) is 10.5. The highest BCUT2D eigenvalue weighted by Crippen LogP contribution is 2.33. The smallest absolute Gasteiger partial charge is 0.259 e. The molecular weight excluding hydrogens is 364 g/mol. The number of aromatic amines is 1. The molecule has 0 unspecified atom stereocenters. The van der Waals surface area contributed by atoms with E-state index in [4.69, 9.17) is 0 Å². The third-order valence-corrected chi connectivity index (χ3v) is 5.26. The minimum Gasteiger partial charge on any atom is -0.364 e. The second kappa shape index (κ2) is 9.05. The lowest BCUT2D eigenvalue weighted by Crippen LogP contribution is -2.18. The minimum absolute atomic E-state index is 0.157. The van der Waals surface area contributed by atoms with Gasteiger partial charge in [-0.2, -0.15) is 5.10 Å². The van der Waals surface area contributed by atoms with Gasteiger partial charge in [0, 0.05) is 42.5 Å². The molecule has 0 saturated heterocycles. The van der Waals surface area contributed by atoms with E-state index in [9.17, 15) is 4.79 Å². The first-order chi connectivity index (χ1) is 14.3. The summed E-state index contributed by atoms with van der Waals surface area (Å²) in [6.45, 7) is 4.99. The molecule has 1 aliphatic carbocycles. The molecule has 0 fully saturated rings. The van der Waals surface area contributed by atoms with Gasteiger partial charge in [0.1, 0.15) is 0 Å². The van der Waals surface area contributed by atoms with Gasteiger partial charge < -0.3 is 15.6 Å². The second-order valence-corrected chi connectivity index (χ2v) is 7.44. The fourth-order valence-electron chi connectivity index (χ4n) is 3.84. The van der Waals surface area contributed by atoms with Crippen LogP contribution in [-0.4, -0.2) is 38.7 Å². The highest BCUT2D eigenvalue weighted by atomic mass is 16.1. The monoisotopic (exact) mass is 392 g/mol. The molecule has 3 N–H and O–H groups in total. The quantitative estimate of drug-likeness (QED) is 0.513. The third kappa shape index (κ3) is 4.40. The van der Waals surface area contributed by atoms with Gasteiger partial charge in [-0.25, -0.2) is 0 Å². The number of H-pyrrole nitrogens is 1. The fraction of sp³-hybridized carbons (Fsp3) is 0.409. The Morgan fingerprint density at radius 3 is 3.10 bits per heavy atom. The van der Waals surface area contributed by atoms with Gasteiger partial charge in [-0.3, -0.25) is 14.5 Å². The number of nitrogens with one attached hydrogen (secondary N) is 3. The molecule has 0 saturated carbocycles. The van der Waals surface area contributed by atoms with Gasteiger partial charge in [-0.05, 0) is 56.8 Å². The molecule has 0 aliphatic heterocycles. The standard InChI is InChI=1S/C22H28N6O/c1-2-10-23-11-5-13-28-14-9-19(27-28)26-22(29)17-15-25-18-8-3-6-16-7-4-12-24-21(16)20(17)18/h4,7,9,12,14-15,23,25H,2-3,5-6,8,10-11,13H2,1H3,(H,26,27,29). The Balaban J connectivity index is 1.46. The zero-order valence-electron chi connectivity index (χ0n) is 16.9. The summed E-state index contributed by atoms with van der Waals surface area (Å²) in [6.07, 6.45) is 10.6. The summed E-state index contributed by atoms with van der Waals surface area (Å²) in [6, 6.07) is 5.90. The molecule has 3 aromatic rings. The number of aromatic nitrogens is 4. The molecule has 0 aromatic carbocycles. The van der Waals surface area contributed by atoms with E-state index < -0.39 is 0 Å². The highest BCUT2D eigenvalue weighted by Gasteiger charge is 2.24. The van der Waals surface area contributed by atoms with Crippen molar-refractivity contribution in [1.82, 2.24) is 25.1 Å². The van der Waals surface area contributed by atoms with E-state index in [-0.39, 0.29) is 5.91 Å². The molecule has 0 spiro atoms. The maximum absolute atomic E-state index is 13.0. The number of nitrogens with zero attached hydrogens (tertiary/aromatic N) is 3. The first-order valence-corrected chi connectivity index (χ1v) is 10.5. The normalized spacial score (nSPS) is 12.9. The van der Waals surface area contributed by atoms with E-state index in [0.717, 1.165) is 68.7 Å². The van der Waals surface area contributed by atoms with E-state index in [0.29, 0.717) is 11.4 Å². The minimum atomic E-state index is -0.157. The summed E-state index contributed by atoms with van der Waals surface area (Å²) < 4.78 is 1.87. The predicted octanol–water partition coefficient (Wildman–Crippen LogP) is 3.40. The Morgan fingerprint density at radius 2 is 2.21 bits per heavy atom. The van der Waals surface area contributed by atoms with Crippen LogP contribution in [0.1, 0.15) is 47.8 Å². The van der Waals surface area contributed by atoms with Gasteiger partial charge in [0.15, 0.2) is 5.82 Å². The van der Waals surface area contributed by atoms with Crippen LogP contribution in [0.25, 0.3) is 11.3 Å². The average Bonchev–Trinajstić information content (AvgIpc) is 3.31. The molecule has 3 heterocycles. The van der Waals surface area contributed by atoms with Crippen molar-refractivity contribution in [3.63, 3.8) is 0 Å². The zero-order chi connectivity index (χ0) is 20.1. The van der Waals surface area contributed by atoms with Crippen LogP contribution in [0.4, 0.5) is 5.82 Å². The van der Waals surface area contributed by atoms with Crippen molar-refractivity contribution in [1.29, 1.82) is 0 Å². The SMILES string of the molecule is CCCNCCCn1ccc(NC(=O)c2c[nH]c3c2-c2ncccc2CCC3)n1. The molecule has 7 nitrogen and oxygen atoms in total. The van der Waals surface area contributed by atoms with E-state index in [2.05, 4.69) is 38.7 Å². The number of carbonyl (C=O) groups is 1. The van der Waals surface area contributed by atoms with Crippen molar-refractivity contribution in [2.45, 2.75) is 45.6 Å². The zero-order valence-corrected chi connectivity index (χ0v) is 16.9. The van der Waals surface area contributed by atoms with Crippen molar-refractivity contribution in [3.8, 4) is 11.3 Å². The van der Waals surface area contributed by atoms with Crippen molar-refractivity contribution in [2.24, 2.45) is 0 Å². The Hall–Kier alpha value is -2.93. The van der Waals surface area contributed by atoms with Crippen molar-refractivity contribution in [2.75, 3.05) is 18.4 Å². The summed E-state index contributed by atoms with van der Waals surface area (Å²) in [5, 5.41) is 10.8. The van der Waals surface area contributed by atoms with Crippen LogP contribution in [-0.2, 0) is 19.4 Å². The van der Waals surface area contributed by atoms with Crippen LogP contribution >= 0.6 is 0 Å². The van der Waals surface area contributed by atoms with Crippen LogP contribution < -0.4 is 10.6 Å². The van der Waals surface area contributed by atoms with Crippen molar-refractivity contribution >= 4 is 11.7 Å². The highest BCUT2D eigenvalue weighted by molar-refractivity contribution is 6.08. The second-order valence-electron chi connectivity index (χ2n) is 7.44. The molecule has 29 heavy (non-hydrogen) atoms. The largest absolute Gasteiger partial charge is 0.364 e. The van der Waals surface area contributed by atoms with Crippen molar-refractivity contribution in [3.05, 3.63) is 53.6 Å². The fourth-order valence-corrected chi connectivity index (χ4v) is 3.84. The molecule has 152 valence electrons. The maximum Gasteiger partial charge on any atom is 0.259 e. The van der Waals surface area contributed by atoms with Crippen LogP contribution in [0.3, 0.4) is 0 Å². The number of anilines is 1. The van der Waals surface area contributed by atoms with Gasteiger partial charge in [-0.1, -0.05) is 13.0 Å². The van der Waals surface area contributed by atoms with Gasteiger partial charge in [-0.15, -0.1) is 0 Å². The molecule has 0 radical (unpaired) electrons. The van der Waals surface area contributed by atoms with Crippen LogP contribution in [0.2, 0.25) is 0 Å². The van der Waals surface area contributed by atoms with Crippen LogP contribution in [0, 0.1) is 0 Å². The number of fused-ring (bicyclic) bond motifs is 3. The lowest BCUT2D eigenvalue weighted by molar-refractivity contribution is 0.102. The van der Waals surface area contributed by atoms with E-state index >= 15 is 0 Å². The van der Waals surface area contributed by atoms with Crippen LogP contribution in [0.5, 0.6) is 0 Å². The van der Waals surface area contributed by atoms with Gasteiger partial charge in [0.25, 0.3) is 5.91 Å². The number of hydrogen-bond donors (Lipinski definition) is 3. The molecule has 1 amide bonds. The van der Waals surface area contributed by atoms with E-state index in [1.165, 1.54) is 5.56 Å². The summed E-state index contributed by atoms with van der Waals surface area (Å²) >= 11 is 0. The number of aryl methyl sites for hydroxylation is 3. The van der Waals surface area contributed by atoms with Gasteiger partial charge in [0.05, 0.1) is 11.3 Å². The molecule has 1 aliphatic rings. The van der Waals surface area contributed by atoms with Crippen LogP contribution in [0.15, 0.2) is 36.8 Å². The Bertz CT molecular complexity index is 973. The number of rotatable bonds is 8. The third-order valence-electron chi connectivity index (χ3n) is 5.26. The van der Waals surface area contributed by atoms with Gasteiger partial charge >= 0.3 is 0 Å². The lowest BCUT2D eigenvalue weighted by atomic mass is 10.0. The maximum atomic E-state index is 13.0. The number of carbonyl (C=O) groups excluding carboxylic acids is 1. The number of pyridine rings is 1. The number of hydrogen-bond acceptors (Lipinski definition) is 4. The molecule has 3 aromatic heterocycles. The molecule has 7 heteroatoms. The lowest BCUT2D eigenvalue weighted by Gasteiger charge is -2.08. The average molecular weight is 393 g/mol. The Kier molecular flexibility index (Phi) is 6.05. The molecule has 0 atom stereocenters. The summed E-state index contributed by atoms with van der Waals surface area (Å²) in [4.78, 5) is 20.9. The molecular formula is C22H28N6O. The molecule has 4 rings (SSSR count). The summed E-state index contributed by atoms with van der Waals surface area (Å²) in [5.41, 5.74) is 4.74. The van der Waals surface area contributed by atoms with Gasteiger partial charge in [0.2, 0.25) is 0 Å². The summed E-state index contributed by atoms with van der Waals surface area (Å²) in [7, 11) is 0. The van der Waals surface area contributed by atoms with Crippen molar-refractivity contribution < 1.29 is 4.79 Å². The number of amides is 1.